The van der Waals surface area contributed by atoms with E-state index in [0.717, 1.165) is 5.69 Å². The average molecular weight is 414 g/mol. The maximum absolute atomic E-state index is 12.5. The van der Waals surface area contributed by atoms with Crippen molar-refractivity contribution >= 4 is 26.8 Å². The number of para-hydroxylation sites is 1. The fraction of sp³-hybridized carbons (Fsp3) is 0.250. The molecule has 3 rings (SSSR count). The van der Waals surface area contributed by atoms with E-state index in [1.54, 1.807) is 18.3 Å². The van der Waals surface area contributed by atoms with Gasteiger partial charge in [0.25, 0.3) is 10.9 Å². The van der Waals surface area contributed by atoms with Crippen molar-refractivity contribution in [2.75, 3.05) is 23.9 Å². The summed E-state index contributed by atoms with van der Waals surface area (Å²) in [5, 5.41) is 16.4. The van der Waals surface area contributed by atoms with Gasteiger partial charge in [-0.15, -0.1) is 0 Å². The summed E-state index contributed by atoms with van der Waals surface area (Å²) in [6.45, 7) is 1.94. The summed E-state index contributed by atoms with van der Waals surface area (Å²) in [5.41, 5.74) is -0.232. The van der Waals surface area contributed by atoms with E-state index in [4.69, 9.17) is 0 Å². The Morgan fingerprint density at radius 3 is 2.48 bits per heavy atom. The van der Waals surface area contributed by atoms with Crippen LogP contribution in [0.1, 0.15) is 25.1 Å². The first-order chi connectivity index (χ1) is 13.8. The predicted octanol–water partition coefficient (Wildman–Crippen LogP) is 2.78. The summed E-state index contributed by atoms with van der Waals surface area (Å²) in [6.07, 6.45) is 3.71. The molecule has 0 aliphatic heterocycles. The van der Waals surface area contributed by atoms with Crippen molar-refractivity contribution in [2.45, 2.75) is 24.3 Å². The molecular weight excluding hydrogens is 392 g/mol. The summed E-state index contributed by atoms with van der Waals surface area (Å²) in [5.74, 6) is -0.277. The molecule has 152 valence electrons. The molecule has 0 saturated carbocycles. The zero-order valence-electron chi connectivity index (χ0n) is 16.3. The molecule has 0 aliphatic carbocycles. The summed E-state index contributed by atoms with van der Waals surface area (Å²) in [6, 6.07) is 9.84. The minimum Gasteiger partial charge on any atom is -0.505 e. The molecule has 3 aromatic rings. The van der Waals surface area contributed by atoms with Crippen molar-refractivity contribution in [3.05, 3.63) is 68.7 Å². The van der Waals surface area contributed by atoms with Gasteiger partial charge in [-0.25, -0.2) is 8.57 Å². The highest BCUT2D eigenvalue weighted by Gasteiger charge is 2.25. The lowest BCUT2D eigenvalue weighted by Gasteiger charge is -2.21. The zero-order valence-corrected chi connectivity index (χ0v) is 17.1. The van der Waals surface area contributed by atoms with E-state index < -0.39 is 20.6 Å². The van der Waals surface area contributed by atoms with E-state index in [1.807, 2.05) is 19.1 Å². The van der Waals surface area contributed by atoms with Crippen LogP contribution in [0, 0.1) is 0 Å². The van der Waals surface area contributed by atoms with Crippen LogP contribution in [0.5, 0.6) is 5.75 Å². The average Bonchev–Trinajstić information content (AvgIpc) is 2.74. The second-order valence-corrected chi connectivity index (χ2v) is 8.94. The number of hydrogen-bond acceptors (Lipinski definition) is 8. The van der Waals surface area contributed by atoms with Gasteiger partial charge in [0.05, 0.1) is 32.0 Å². The first-order valence-corrected chi connectivity index (χ1v) is 10.9. The van der Waals surface area contributed by atoms with Gasteiger partial charge in [0.15, 0.2) is 5.75 Å². The van der Waals surface area contributed by atoms with Crippen LogP contribution in [-0.2, 0) is 9.73 Å². The SMILES string of the molecule is CC[C@@H](Nc1c(Nc2cccc(S(C)(=O)=NC)c2O)c(=O)c1=O)c1ccccn1. The van der Waals surface area contributed by atoms with Gasteiger partial charge in [0.1, 0.15) is 11.4 Å². The quantitative estimate of drug-likeness (QED) is 0.401. The Labute approximate surface area is 168 Å². The molecule has 0 amide bonds. The lowest BCUT2D eigenvalue weighted by atomic mass is 10.1. The smallest absolute Gasteiger partial charge is 0.253 e. The largest absolute Gasteiger partial charge is 0.505 e. The molecule has 0 spiro atoms. The van der Waals surface area contributed by atoms with Crippen LogP contribution in [0.15, 0.2) is 61.4 Å². The maximum Gasteiger partial charge on any atom is 0.253 e. The van der Waals surface area contributed by atoms with E-state index in [1.165, 1.54) is 25.4 Å². The Kier molecular flexibility index (Phi) is 5.69. The normalized spacial score (nSPS) is 14.2. The molecule has 0 saturated heterocycles. The van der Waals surface area contributed by atoms with Crippen LogP contribution in [-0.4, -0.2) is 27.6 Å². The number of phenols is 1. The van der Waals surface area contributed by atoms with Crippen molar-refractivity contribution in [3.63, 3.8) is 0 Å². The summed E-state index contributed by atoms with van der Waals surface area (Å²) in [7, 11) is -1.37. The van der Waals surface area contributed by atoms with Gasteiger partial charge < -0.3 is 15.7 Å². The number of nitrogens with one attached hydrogen (secondary N) is 2. The fourth-order valence-corrected chi connectivity index (χ4v) is 3.95. The van der Waals surface area contributed by atoms with E-state index >= 15 is 0 Å². The lowest BCUT2D eigenvalue weighted by Crippen LogP contribution is -2.37. The molecule has 29 heavy (non-hydrogen) atoms. The third kappa shape index (κ3) is 3.86. The Morgan fingerprint density at radius 1 is 1.14 bits per heavy atom. The van der Waals surface area contributed by atoms with Crippen molar-refractivity contribution in [1.82, 2.24) is 4.98 Å². The van der Waals surface area contributed by atoms with Gasteiger partial charge in [-0.2, -0.15) is 0 Å². The summed E-state index contributed by atoms with van der Waals surface area (Å²) in [4.78, 5) is 28.7. The molecule has 1 heterocycles. The molecule has 2 aromatic carbocycles. The number of benzene rings is 1. The lowest BCUT2D eigenvalue weighted by molar-refractivity contribution is 0.463. The number of pyridine rings is 1. The molecule has 9 heteroatoms. The van der Waals surface area contributed by atoms with Crippen LogP contribution >= 0.6 is 0 Å². The summed E-state index contributed by atoms with van der Waals surface area (Å²) < 4.78 is 16.3. The van der Waals surface area contributed by atoms with Crippen LogP contribution in [0.2, 0.25) is 0 Å². The highest BCUT2D eigenvalue weighted by Crippen LogP contribution is 2.35. The fourth-order valence-electron chi connectivity index (χ4n) is 2.95. The van der Waals surface area contributed by atoms with Crippen LogP contribution in [0.3, 0.4) is 0 Å². The standard InChI is InChI=1S/C20H22N4O4S/c1-4-12(13-8-5-6-11-22-13)23-16-17(20(27)19(16)26)24-14-9-7-10-15(18(14)25)29(3,28)21-2/h5-12,23-25H,4H2,1-3H3/t12-,29?/m1/s1. The van der Waals surface area contributed by atoms with Gasteiger partial charge in [0.2, 0.25) is 0 Å². The third-order valence-electron chi connectivity index (χ3n) is 4.70. The first-order valence-electron chi connectivity index (χ1n) is 9.00. The van der Waals surface area contributed by atoms with Crippen LogP contribution in [0.25, 0.3) is 0 Å². The van der Waals surface area contributed by atoms with Crippen molar-refractivity contribution in [3.8, 4) is 5.75 Å². The molecule has 0 aliphatic rings. The molecule has 2 atom stereocenters. The minimum atomic E-state index is -2.78. The van der Waals surface area contributed by atoms with Crippen molar-refractivity contribution in [2.24, 2.45) is 4.36 Å². The molecular formula is C20H22N4O4S. The van der Waals surface area contributed by atoms with Gasteiger partial charge in [-0.1, -0.05) is 19.1 Å². The van der Waals surface area contributed by atoms with E-state index in [9.17, 15) is 18.9 Å². The van der Waals surface area contributed by atoms with Gasteiger partial charge >= 0.3 is 0 Å². The number of phenolic OH excluding ortho intramolecular Hbond substituents is 1. The van der Waals surface area contributed by atoms with E-state index in [0.29, 0.717) is 6.42 Å². The van der Waals surface area contributed by atoms with E-state index in [-0.39, 0.29) is 33.7 Å². The highest BCUT2D eigenvalue weighted by atomic mass is 32.2. The van der Waals surface area contributed by atoms with Crippen LogP contribution in [0.4, 0.5) is 17.1 Å². The molecule has 0 radical (unpaired) electrons. The number of rotatable bonds is 7. The van der Waals surface area contributed by atoms with Gasteiger partial charge in [-0.3, -0.25) is 14.6 Å². The first kappa shape index (κ1) is 20.5. The second kappa shape index (κ2) is 8.04. The van der Waals surface area contributed by atoms with E-state index in [2.05, 4.69) is 20.0 Å². The topological polar surface area (TPSA) is 121 Å². The Balaban J connectivity index is 1.95. The number of anilines is 3. The van der Waals surface area contributed by atoms with Crippen molar-refractivity contribution in [1.29, 1.82) is 0 Å². The minimum absolute atomic E-state index is 0.0490. The van der Waals surface area contributed by atoms with Gasteiger partial charge in [-0.05, 0) is 30.7 Å². The molecule has 1 unspecified atom stereocenters. The Hall–Kier alpha value is -3.20. The Morgan fingerprint density at radius 2 is 1.86 bits per heavy atom. The highest BCUT2D eigenvalue weighted by molar-refractivity contribution is 7.93. The molecule has 0 bridgehead atoms. The molecule has 0 fully saturated rings. The summed E-state index contributed by atoms with van der Waals surface area (Å²) >= 11 is 0. The second-order valence-electron chi connectivity index (χ2n) is 6.53. The molecule has 3 N–H and O–H groups in total. The van der Waals surface area contributed by atoms with Crippen LogP contribution < -0.4 is 21.5 Å². The zero-order chi connectivity index (χ0) is 21.2. The molecule has 8 nitrogen and oxygen atoms in total. The predicted molar refractivity (Wildman–Crippen MR) is 114 cm³/mol. The molecule has 1 aromatic heterocycles. The number of aromatic nitrogens is 1. The number of aromatic hydroxyl groups is 1. The number of hydrogen-bond donors (Lipinski definition) is 3. The Bertz CT molecular complexity index is 1220. The third-order valence-corrected chi connectivity index (χ3v) is 6.54. The van der Waals surface area contributed by atoms with Gasteiger partial charge in [0, 0.05) is 19.5 Å². The maximum atomic E-state index is 12.5. The monoisotopic (exact) mass is 414 g/mol. The number of nitrogens with zero attached hydrogens (tertiary/aromatic N) is 2. The van der Waals surface area contributed by atoms with Crippen molar-refractivity contribution < 1.29 is 9.32 Å².